The van der Waals surface area contributed by atoms with Gasteiger partial charge in [-0.05, 0) is 47.9 Å². The van der Waals surface area contributed by atoms with Crippen molar-refractivity contribution in [1.29, 1.82) is 0 Å². The number of ether oxygens (including phenoxy) is 1. The van der Waals surface area contributed by atoms with Gasteiger partial charge in [-0.1, -0.05) is 47.5 Å². The number of aromatic nitrogens is 2. The number of carbonyl (C=O) groups excluding carboxylic acids is 1. The summed E-state index contributed by atoms with van der Waals surface area (Å²) in [6, 6.07) is 20.7. The van der Waals surface area contributed by atoms with Crippen molar-refractivity contribution in [3.63, 3.8) is 0 Å². The molecular formula is C27H17Cl2FN4O3. The van der Waals surface area contributed by atoms with Gasteiger partial charge in [0, 0.05) is 29.0 Å². The summed E-state index contributed by atoms with van der Waals surface area (Å²) in [5, 5.41) is 3.73. The molecular weight excluding hydrogens is 518 g/mol. The Morgan fingerprint density at radius 2 is 1.78 bits per heavy atom. The van der Waals surface area contributed by atoms with Crippen LogP contribution in [0.5, 0.6) is 11.5 Å². The van der Waals surface area contributed by atoms with Crippen molar-refractivity contribution in [1.82, 2.24) is 9.55 Å². The average molecular weight is 535 g/mol. The number of carbonyl (C=O) groups is 1. The zero-order chi connectivity index (χ0) is 26.1. The summed E-state index contributed by atoms with van der Waals surface area (Å²) in [6.07, 6.45) is 1.38. The van der Waals surface area contributed by atoms with E-state index in [4.69, 9.17) is 33.7 Å². The molecule has 0 saturated heterocycles. The lowest BCUT2D eigenvalue weighted by atomic mass is 10.1. The molecule has 184 valence electrons. The number of hydrogen-bond donors (Lipinski definition) is 2. The first-order chi connectivity index (χ1) is 17.8. The topological polar surface area (TPSA) is 99.2 Å². The highest BCUT2D eigenvalue weighted by molar-refractivity contribution is 6.34. The molecule has 37 heavy (non-hydrogen) atoms. The van der Waals surface area contributed by atoms with Crippen LogP contribution in [0.1, 0.15) is 10.4 Å². The summed E-state index contributed by atoms with van der Waals surface area (Å²) >= 11 is 12.2. The minimum Gasteiger partial charge on any atom is -0.453 e. The van der Waals surface area contributed by atoms with Crippen molar-refractivity contribution in [2.45, 2.75) is 0 Å². The molecule has 2 heterocycles. The minimum absolute atomic E-state index is 0.0438. The monoisotopic (exact) mass is 534 g/mol. The molecule has 0 bridgehead atoms. The SMILES string of the molecule is Nc1nccc(Oc2ccc(NC(=O)c3cc4ccccc4n(-c4cccc(Cl)c4)c3=O)cc2F)c1Cl. The Hall–Kier alpha value is -4.40. The Morgan fingerprint density at radius 1 is 0.973 bits per heavy atom. The number of anilines is 2. The number of hydrogen-bond acceptors (Lipinski definition) is 5. The van der Waals surface area contributed by atoms with Gasteiger partial charge in [0.15, 0.2) is 17.3 Å². The number of nitrogen functional groups attached to an aromatic ring is 1. The lowest BCUT2D eigenvalue weighted by molar-refractivity contribution is 0.102. The number of rotatable bonds is 5. The number of fused-ring (bicyclic) bond motifs is 1. The van der Waals surface area contributed by atoms with Gasteiger partial charge in [-0.3, -0.25) is 14.2 Å². The summed E-state index contributed by atoms with van der Waals surface area (Å²) in [5.74, 6) is -1.44. The number of nitrogens with zero attached hydrogens (tertiary/aromatic N) is 2. The highest BCUT2D eigenvalue weighted by Gasteiger charge is 2.18. The maximum atomic E-state index is 14.8. The second kappa shape index (κ2) is 9.93. The van der Waals surface area contributed by atoms with E-state index in [1.54, 1.807) is 48.5 Å². The van der Waals surface area contributed by atoms with Gasteiger partial charge >= 0.3 is 0 Å². The Kier molecular flexibility index (Phi) is 6.52. The fraction of sp³-hybridized carbons (Fsp3) is 0. The van der Waals surface area contributed by atoms with Crippen LogP contribution in [-0.4, -0.2) is 15.5 Å². The third-order valence-corrected chi connectivity index (χ3v) is 6.13. The predicted octanol–water partition coefficient (Wildman–Crippen LogP) is 6.46. The van der Waals surface area contributed by atoms with Crippen LogP contribution in [0.25, 0.3) is 16.6 Å². The Bertz CT molecular complexity index is 1740. The second-order valence-corrected chi connectivity index (χ2v) is 8.76. The fourth-order valence-electron chi connectivity index (χ4n) is 3.79. The Morgan fingerprint density at radius 3 is 2.57 bits per heavy atom. The highest BCUT2D eigenvalue weighted by Crippen LogP contribution is 2.34. The van der Waals surface area contributed by atoms with Gasteiger partial charge in [-0.25, -0.2) is 9.37 Å². The van der Waals surface area contributed by atoms with Gasteiger partial charge in [0.1, 0.15) is 16.4 Å². The second-order valence-electron chi connectivity index (χ2n) is 7.95. The van der Waals surface area contributed by atoms with Crippen molar-refractivity contribution in [2.75, 3.05) is 11.1 Å². The van der Waals surface area contributed by atoms with Crippen molar-refractivity contribution in [3.05, 3.63) is 117 Å². The first-order valence-corrected chi connectivity index (χ1v) is 11.7. The number of benzene rings is 3. The third kappa shape index (κ3) is 4.84. The molecule has 0 unspecified atom stereocenters. The van der Waals surface area contributed by atoms with E-state index in [2.05, 4.69) is 10.3 Å². The van der Waals surface area contributed by atoms with E-state index in [-0.39, 0.29) is 33.6 Å². The standard InChI is InChI=1S/C27H17Cl2FN4O3/c28-16-5-3-6-18(13-16)34-21-7-2-1-4-15(21)12-19(27(34)36)26(35)33-17-8-9-22(20(30)14-17)37-23-10-11-32-25(31)24(23)29/h1-14H,(H2,31,32)(H,33,35). The van der Waals surface area contributed by atoms with Crippen LogP contribution in [-0.2, 0) is 0 Å². The maximum Gasteiger partial charge on any atom is 0.268 e. The largest absolute Gasteiger partial charge is 0.453 e. The quantitative estimate of drug-likeness (QED) is 0.269. The van der Waals surface area contributed by atoms with Gasteiger partial charge in [0.05, 0.1) is 11.2 Å². The number of amides is 1. The van der Waals surface area contributed by atoms with Crippen LogP contribution in [0.2, 0.25) is 10.0 Å². The molecule has 5 rings (SSSR count). The molecule has 3 N–H and O–H groups in total. The van der Waals surface area contributed by atoms with Crippen LogP contribution in [0.3, 0.4) is 0 Å². The number of para-hydroxylation sites is 1. The predicted molar refractivity (Wildman–Crippen MR) is 143 cm³/mol. The molecule has 7 nitrogen and oxygen atoms in total. The fourth-order valence-corrected chi connectivity index (χ4v) is 4.13. The molecule has 0 radical (unpaired) electrons. The normalized spacial score (nSPS) is 10.9. The third-order valence-electron chi connectivity index (χ3n) is 5.51. The highest BCUT2D eigenvalue weighted by atomic mass is 35.5. The maximum absolute atomic E-state index is 14.8. The zero-order valence-corrected chi connectivity index (χ0v) is 20.4. The lowest BCUT2D eigenvalue weighted by Gasteiger charge is -2.14. The van der Waals surface area contributed by atoms with Gasteiger partial charge < -0.3 is 15.8 Å². The molecule has 0 aliphatic rings. The lowest BCUT2D eigenvalue weighted by Crippen LogP contribution is -2.28. The van der Waals surface area contributed by atoms with Crippen LogP contribution < -0.4 is 21.3 Å². The number of nitrogens with two attached hydrogens (primary N) is 1. The molecule has 0 aliphatic heterocycles. The molecule has 0 aliphatic carbocycles. The molecule has 0 fully saturated rings. The van der Waals surface area contributed by atoms with Crippen molar-refractivity contribution in [2.24, 2.45) is 0 Å². The van der Waals surface area contributed by atoms with Gasteiger partial charge in [0.25, 0.3) is 11.5 Å². The van der Waals surface area contributed by atoms with Crippen LogP contribution in [0.15, 0.2) is 89.9 Å². The van der Waals surface area contributed by atoms with Crippen LogP contribution in [0.4, 0.5) is 15.9 Å². The molecule has 3 aromatic carbocycles. The zero-order valence-electron chi connectivity index (χ0n) is 18.9. The Labute approximate surface area is 219 Å². The van der Waals surface area contributed by atoms with E-state index < -0.39 is 17.3 Å². The minimum atomic E-state index is -0.765. The molecule has 2 aromatic heterocycles. The molecule has 0 spiro atoms. The number of nitrogens with one attached hydrogen (secondary N) is 1. The smallest absolute Gasteiger partial charge is 0.268 e. The van der Waals surface area contributed by atoms with E-state index in [1.165, 1.54) is 35.0 Å². The average Bonchev–Trinajstić information content (AvgIpc) is 2.88. The van der Waals surface area contributed by atoms with E-state index in [0.29, 0.717) is 21.6 Å². The summed E-state index contributed by atoms with van der Waals surface area (Å²) in [5.41, 5.74) is 6.21. The molecule has 5 aromatic rings. The van der Waals surface area contributed by atoms with Crippen LogP contribution in [0, 0.1) is 5.82 Å². The van der Waals surface area contributed by atoms with Crippen molar-refractivity contribution >= 4 is 51.5 Å². The van der Waals surface area contributed by atoms with E-state index >= 15 is 0 Å². The molecule has 10 heteroatoms. The molecule has 0 saturated carbocycles. The number of pyridine rings is 2. The first-order valence-electron chi connectivity index (χ1n) is 10.9. The summed E-state index contributed by atoms with van der Waals surface area (Å²) in [7, 11) is 0. The van der Waals surface area contributed by atoms with E-state index in [9.17, 15) is 14.0 Å². The van der Waals surface area contributed by atoms with E-state index in [1.807, 2.05) is 0 Å². The van der Waals surface area contributed by atoms with Crippen LogP contribution >= 0.6 is 23.2 Å². The van der Waals surface area contributed by atoms with Crippen molar-refractivity contribution < 1.29 is 13.9 Å². The summed E-state index contributed by atoms with van der Waals surface area (Å²) in [4.78, 5) is 30.4. The van der Waals surface area contributed by atoms with Gasteiger partial charge in [-0.2, -0.15) is 0 Å². The first kappa shape index (κ1) is 24.3. The van der Waals surface area contributed by atoms with E-state index in [0.717, 1.165) is 6.07 Å². The molecule has 0 atom stereocenters. The summed E-state index contributed by atoms with van der Waals surface area (Å²) < 4.78 is 21.7. The number of halogens is 3. The Balaban J connectivity index is 1.48. The summed E-state index contributed by atoms with van der Waals surface area (Å²) in [6.45, 7) is 0. The molecule has 1 amide bonds. The van der Waals surface area contributed by atoms with Crippen molar-refractivity contribution in [3.8, 4) is 17.2 Å². The van der Waals surface area contributed by atoms with Gasteiger partial charge in [-0.15, -0.1) is 0 Å². The van der Waals surface area contributed by atoms with Gasteiger partial charge in [0.2, 0.25) is 0 Å².